The van der Waals surface area contributed by atoms with Crippen molar-refractivity contribution in [1.29, 1.82) is 5.26 Å². The number of rotatable bonds is 34. The Morgan fingerprint density at radius 2 is 0.953 bits per heavy atom. The molecule has 0 N–H and O–H groups in total. The van der Waals surface area contributed by atoms with Crippen LogP contribution < -0.4 is 42.0 Å². The molecule has 0 aliphatic carbocycles. The maximum absolute atomic E-state index is 12.7. The first-order valence-corrected chi connectivity index (χ1v) is 38.1. The molecule has 0 aliphatic rings. The summed E-state index contributed by atoms with van der Waals surface area (Å²) in [5.74, 6) is 1.92. The third kappa shape index (κ3) is 17.8. The summed E-state index contributed by atoms with van der Waals surface area (Å²) in [6, 6.07) is 73.3. The Labute approximate surface area is 625 Å². The molecule has 12 aromatic rings. The molecule has 0 bridgehead atoms. The summed E-state index contributed by atoms with van der Waals surface area (Å²) in [7, 11) is 0. The number of oxazole rings is 2. The second kappa shape index (κ2) is 37.2. The number of fused-ring (bicyclic) bond motifs is 3. The normalized spacial score (nSPS) is 12.2. The lowest BCUT2D eigenvalue weighted by molar-refractivity contribution is 0.224. The second-order valence-electron chi connectivity index (χ2n) is 27.8. The van der Waals surface area contributed by atoms with E-state index in [0.717, 1.165) is 95.5 Å². The van der Waals surface area contributed by atoms with E-state index in [2.05, 4.69) is 210 Å². The lowest BCUT2D eigenvalue weighted by Crippen LogP contribution is -2.54. The summed E-state index contributed by atoms with van der Waals surface area (Å²) in [6.07, 6.45) is 21.6. The Hall–Kier alpha value is -11.6. The Balaban J connectivity index is 1.27. The average Bonchev–Trinajstić information content (AvgIpc) is 1.52. The van der Waals surface area contributed by atoms with Crippen LogP contribution in [0.15, 0.2) is 262 Å². The van der Waals surface area contributed by atoms with Gasteiger partial charge in [-0.15, -0.1) is 0 Å². The first-order chi connectivity index (χ1) is 52.2. The Kier molecular flexibility index (Phi) is 26.0. The molecular formula is C94H92B2N6O4. The van der Waals surface area contributed by atoms with Gasteiger partial charge in [-0.1, -0.05) is 302 Å². The summed E-state index contributed by atoms with van der Waals surface area (Å²) in [5, 5.41) is 15.1. The molecule has 8 aromatic carbocycles. The van der Waals surface area contributed by atoms with Gasteiger partial charge in [0.1, 0.15) is 34.2 Å². The first-order valence-electron chi connectivity index (χ1n) is 38.1. The SMILES string of the molecule is [C-]#[N+]/C(c1nc2ccc(C)cc2o1)=c1\c2c(-c3cccc(OCC(C=C=C=C=C=C=C=C)CCCCCC)c3)n(B(c3ccccc3)c3ccccc3)/c(=C(/C#N)c3nc4ccc(C)cc4o3)c2c(-c2cccc(OCC(CCCCCC)CCCCCCCC)c2)n1B(c1ccccc1)c1ccccc1. The van der Waals surface area contributed by atoms with Crippen LogP contribution in [0.3, 0.4) is 0 Å². The second-order valence-corrected chi connectivity index (χ2v) is 27.8. The fourth-order valence-electron chi connectivity index (χ4n) is 14.8. The molecule has 10 nitrogen and oxygen atoms in total. The summed E-state index contributed by atoms with van der Waals surface area (Å²) in [6.45, 7) is 23.9. The van der Waals surface area contributed by atoms with Crippen LogP contribution in [-0.4, -0.2) is 45.8 Å². The van der Waals surface area contributed by atoms with Gasteiger partial charge in [-0.3, -0.25) is 0 Å². The van der Waals surface area contributed by atoms with Crippen molar-refractivity contribution in [2.75, 3.05) is 13.2 Å². The van der Waals surface area contributed by atoms with E-state index in [0.29, 0.717) is 85.7 Å². The molecule has 4 aromatic heterocycles. The quantitative estimate of drug-likeness (QED) is 0.0171. The maximum Gasteiger partial charge on any atom is 0.328 e. The molecular weight excluding hydrogens is 1300 g/mol. The number of nitriles is 1. The Bertz CT molecular complexity index is 5280. The van der Waals surface area contributed by atoms with Crippen molar-refractivity contribution in [2.45, 2.75) is 144 Å². The maximum atomic E-state index is 12.7. The number of hydrogen-bond donors (Lipinski definition) is 0. The van der Waals surface area contributed by atoms with Gasteiger partial charge in [0.05, 0.1) is 30.5 Å². The largest absolute Gasteiger partial charge is 0.493 e. The fourth-order valence-corrected chi connectivity index (χ4v) is 14.8. The monoisotopic (exact) mass is 1390 g/mol. The lowest BCUT2D eigenvalue weighted by atomic mass is 9.50. The van der Waals surface area contributed by atoms with Gasteiger partial charge in [-0.2, -0.15) is 5.26 Å². The van der Waals surface area contributed by atoms with E-state index in [1.54, 1.807) is 0 Å². The molecule has 0 radical (unpaired) electrons. The highest BCUT2D eigenvalue weighted by Crippen LogP contribution is 2.40. The third-order valence-corrected chi connectivity index (χ3v) is 20.0. The minimum Gasteiger partial charge on any atom is -0.493 e. The number of benzene rings is 8. The van der Waals surface area contributed by atoms with Crippen LogP contribution in [0.1, 0.15) is 153 Å². The van der Waals surface area contributed by atoms with Gasteiger partial charge in [0.2, 0.25) is 11.8 Å². The minimum atomic E-state index is -0.657. The fraction of sp³-hybridized carbons (Fsp3) is 0.277. The van der Waals surface area contributed by atoms with E-state index in [9.17, 15) is 11.8 Å². The molecule has 12 rings (SSSR count). The molecule has 0 saturated heterocycles. The topological polar surface area (TPSA) is 109 Å². The van der Waals surface area contributed by atoms with Crippen molar-refractivity contribution < 1.29 is 18.3 Å². The third-order valence-electron chi connectivity index (χ3n) is 20.0. The molecule has 0 aliphatic heterocycles. The summed E-state index contributed by atoms with van der Waals surface area (Å²) >= 11 is 0. The number of nitrogens with zero attached hydrogens (tertiary/aromatic N) is 6. The number of hydrogen-bond acceptors (Lipinski definition) is 7. The Morgan fingerprint density at radius 1 is 0.509 bits per heavy atom. The highest BCUT2D eigenvalue weighted by molar-refractivity contribution is 6.85. The van der Waals surface area contributed by atoms with Gasteiger partial charge in [-0.25, -0.2) is 14.8 Å². The van der Waals surface area contributed by atoms with E-state index in [1.165, 1.54) is 57.8 Å². The first kappa shape index (κ1) is 74.1. The predicted octanol–water partition coefficient (Wildman–Crippen LogP) is 19.6. The zero-order valence-electron chi connectivity index (χ0n) is 62.0. The van der Waals surface area contributed by atoms with Crippen LogP contribution in [0.5, 0.6) is 11.5 Å². The molecule has 2 unspecified atom stereocenters. The highest BCUT2D eigenvalue weighted by atomic mass is 16.5. The van der Waals surface area contributed by atoms with Gasteiger partial charge in [0, 0.05) is 39.2 Å². The van der Waals surface area contributed by atoms with Crippen molar-refractivity contribution in [3.05, 3.63) is 298 Å². The van der Waals surface area contributed by atoms with Crippen LogP contribution in [0.4, 0.5) is 0 Å². The lowest BCUT2D eigenvalue weighted by Gasteiger charge is -2.24. The van der Waals surface area contributed by atoms with E-state index >= 15 is 0 Å². The average molecular weight is 1390 g/mol. The van der Waals surface area contributed by atoms with Gasteiger partial charge >= 0.3 is 13.7 Å². The molecule has 0 saturated carbocycles. The zero-order chi connectivity index (χ0) is 73.4. The van der Waals surface area contributed by atoms with E-state index in [4.69, 9.17) is 33.1 Å². The van der Waals surface area contributed by atoms with Gasteiger partial charge in [-0.05, 0) is 134 Å². The molecule has 0 spiro atoms. The summed E-state index contributed by atoms with van der Waals surface area (Å²) in [5.41, 5.74) is 28.3. The van der Waals surface area contributed by atoms with Gasteiger partial charge < -0.3 is 27.3 Å². The smallest absolute Gasteiger partial charge is 0.328 e. The number of aromatic nitrogens is 4. The van der Waals surface area contributed by atoms with Crippen molar-refractivity contribution in [3.8, 4) is 40.1 Å². The molecule has 4 heterocycles. The highest BCUT2D eigenvalue weighted by Gasteiger charge is 2.38. The van der Waals surface area contributed by atoms with Crippen LogP contribution in [-0.2, 0) is 0 Å². The molecule has 0 fully saturated rings. The van der Waals surface area contributed by atoms with E-state index < -0.39 is 13.7 Å². The number of ether oxygens (including phenoxy) is 2. The van der Waals surface area contributed by atoms with Crippen molar-refractivity contribution in [1.82, 2.24) is 18.9 Å². The van der Waals surface area contributed by atoms with Gasteiger partial charge in [0.15, 0.2) is 11.2 Å². The summed E-state index contributed by atoms with van der Waals surface area (Å²) < 4.78 is 33.0. The predicted molar refractivity (Wildman–Crippen MR) is 436 cm³/mol. The number of aryl methyl sites for hydroxylation is 2. The molecule has 528 valence electrons. The molecule has 106 heavy (non-hydrogen) atoms. The van der Waals surface area contributed by atoms with Crippen molar-refractivity contribution >= 4 is 79.8 Å². The van der Waals surface area contributed by atoms with Crippen LogP contribution in [0.25, 0.3) is 71.6 Å². The van der Waals surface area contributed by atoms with E-state index in [-0.39, 0.29) is 29.0 Å². The van der Waals surface area contributed by atoms with Gasteiger partial charge in [0.25, 0.3) is 5.70 Å². The minimum absolute atomic E-state index is 0.0342. The molecule has 12 heteroatoms. The van der Waals surface area contributed by atoms with Crippen molar-refractivity contribution in [3.63, 3.8) is 0 Å². The standard InChI is InChI=1S/C94H92B2N6O4/c1-8-12-16-20-22-30-44-71(42-28-18-14-10-3)67-103-79-56-40-46-73(64-79)89-86-87(92(88(98-7)94-100-83-61-59-70(6)63-85(83)106-94)102(89)96(77-52-36-26-37-53-77)78-54-38-27-39-55-78)90(74-47-41-57-80(65-74)104-68-72(43-29-19-15-11-4)45-31-23-21-17-13-9-2)101(95(75-48-32-24-33-49-75)76-50-34-25-35-51-76)91(86)81(66-97)93-99-82-60-58-69(5)62-84(82)105-93/h24-27,32-41,45-65,71-72H,2,8,10-12,14-16,18-20,22,28-30,42-44,67-68H2,1,3-6H3/b91-81-,92-88+. The number of unbranched alkanes of at least 4 members (excludes halogenated alkanes) is 11. The molecule has 0 amide bonds. The van der Waals surface area contributed by atoms with Crippen molar-refractivity contribution in [2.24, 2.45) is 11.8 Å². The summed E-state index contributed by atoms with van der Waals surface area (Å²) in [4.78, 5) is 15.3. The molecule has 2 atom stereocenters. The Morgan fingerprint density at radius 3 is 1.45 bits per heavy atom. The zero-order valence-corrected chi connectivity index (χ0v) is 62.0. The van der Waals surface area contributed by atoms with E-state index in [1.807, 2.05) is 92.7 Å². The van der Waals surface area contributed by atoms with Crippen LogP contribution in [0.2, 0.25) is 0 Å². The van der Waals surface area contributed by atoms with Crippen LogP contribution >= 0.6 is 0 Å². The van der Waals surface area contributed by atoms with Crippen LogP contribution in [0, 0.1) is 43.6 Å².